The van der Waals surface area contributed by atoms with Crippen LogP contribution in [-0.2, 0) is 0 Å². The molecule has 1 aliphatic rings. The molecule has 1 aliphatic carbocycles. The molecular formula is C13H14N4OS. The summed E-state index contributed by atoms with van der Waals surface area (Å²) in [5.74, 6) is 1.22. The lowest BCUT2D eigenvalue weighted by molar-refractivity contribution is 0.101. The molecule has 0 atom stereocenters. The van der Waals surface area contributed by atoms with Gasteiger partial charge in [0, 0.05) is 16.5 Å². The number of aromatic nitrogens is 3. The topological polar surface area (TPSA) is 70.7 Å². The SMILES string of the molecule is CSc1ccc(NC(=O)c2n[nH]c(C3CC3)n2)cc1. The molecule has 1 amide bonds. The Hall–Kier alpha value is -1.82. The number of amides is 1. The van der Waals surface area contributed by atoms with Crippen LogP contribution in [0.25, 0.3) is 0 Å². The molecule has 3 rings (SSSR count). The van der Waals surface area contributed by atoms with Gasteiger partial charge in [0.1, 0.15) is 5.82 Å². The molecule has 1 heterocycles. The van der Waals surface area contributed by atoms with Crippen LogP contribution in [0.2, 0.25) is 0 Å². The van der Waals surface area contributed by atoms with Crippen LogP contribution in [0.4, 0.5) is 5.69 Å². The summed E-state index contributed by atoms with van der Waals surface area (Å²) in [5.41, 5.74) is 0.751. The lowest BCUT2D eigenvalue weighted by Gasteiger charge is -2.03. The minimum absolute atomic E-state index is 0.204. The van der Waals surface area contributed by atoms with Crippen LogP contribution in [0.5, 0.6) is 0 Å². The van der Waals surface area contributed by atoms with Crippen molar-refractivity contribution >= 4 is 23.4 Å². The summed E-state index contributed by atoms with van der Waals surface area (Å²) in [4.78, 5) is 17.3. The van der Waals surface area contributed by atoms with Crippen molar-refractivity contribution in [3.63, 3.8) is 0 Å². The smallest absolute Gasteiger partial charge is 0.295 e. The summed E-state index contributed by atoms with van der Waals surface area (Å²) in [6, 6.07) is 7.68. The number of thioether (sulfide) groups is 1. The summed E-state index contributed by atoms with van der Waals surface area (Å²) in [6.45, 7) is 0. The molecule has 6 heteroatoms. The van der Waals surface area contributed by atoms with Gasteiger partial charge in [-0.1, -0.05) is 0 Å². The molecule has 1 saturated carbocycles. The number of carbonyl (C=O) groups excluding carboxylic acids is 1. The Morgan fingerprint density at radius 3 is 2.74 bits per heavy atom. The van der Waals surface area contributed by atoms with E-state index in [1.807, 2.05) is 30.5 Å². The van der Waals surface area contributed by atoms with E-state index < -0.39 is 0 Å². The first kappa shape index (κ1) is 12.2. The molecule has 0 radical (unpaired) electrons. The van der Waals surface area contributed by atoms with Gasteiger partial charge in [-0.15, -0.1) is 16.9 Å². The summed E-state index contributed by atoms with van der Waals surface area (Å²) >= 11 is 1.66. The van der Waals surface area contributed by atoms with Crippen molar-refractivity contribution in [2.45, 2.75) is 23.7 Å². The van der Waals surface area contributed by atoms with Crippen molar-refractivity contribution in [3.8, 4) is 0 Å². The van der Waals surface area contributed by atoms with Gasteiger partial charge in [0.2, 0.25) is 5.82 Å². The molecule has 1 aromatic heterocycles. The fourth-order valence-corrected chi connectivity index (χ4v) is 2.18. The largest absolute Gasteiger partial charge is 0.319 e. The molecule has 1 aromatic carbocycles. The van der Waals surface area contributed by atoms with Crippen LogP contribution >= 0.6 is 11.8 Å². The number of hydrogen-bond donors (Lipinski definition) is 2. The number of carbonyl (C=O) groups is 1. The van der Waals surface area contributed by atoms with Gasteiger partial charge in [-0.05, 0) is 43.4 Å². The van der Waals surface area contributed by atoms with E-state index in [0.717, 1.165) is 29.2 Å². The second-order valence-electron chi connectivity index (χ2n) is 4.50. The zero-order valence-corrected chi connectivity index (χ0v) is 11.3. The highest BCUT2D eigenvalue weighted by atomic mass is 32.2. The van der Waals surface area contributed by atoms with E-state index in [-0.39, 0.29) is 11.7 Å². The molecular weight excluding hydrogens is 260 g/mol. The van der Waals surface area contributed by atoms with E-state index >= 15 is 0 Å². The monoisotopic (exact) mass is 274 g/mol. The molecule has 5 nitrogen and oxygen atoms in total. The first-order valence-corrected chi connectivity index (χ1v) is 7.36. The number of nitrogens with zero attached hydrogens (tertiary/aromatic N) is 2. The minimum atomic E-state index is -0.278. The van der Waals surface area contributed by atoms with Crippen LogP contribution in [0, 0.1) is 0 Å². The zero-order valence-electron chi connectivity index (χ0n) is 10.5. The van der Waals surface area contributed by atoms with Crippen LogP contribution in [0.1, 0.15) is 35.2 Å². The summed E-state index contributed by atoms with van der Waals surface area (Å²) < 4.78 is 0. The molecule has 0 aliphatic heterocycles. The Morgan fingerprint density at radius 1 is 1.37 bits per heavy atom. The fourth-order valence-electron chi connectivity index (χ4n) is 1.78. The highest BCUT2D eigenvalue weighted by Crippen LogP contribution is 2.37. The van der Waals surface area contributed by atoms with Crippen molar-refractivity contribution in [1.82, 2.24) is 15.2 Å². The van der Waals surface area contributed by atoms with Gasteiger partial charge >= 0.3 is 0 Å². The average molecular weight is 274 g/mol. The van der Waals surface area contributed by atoms with Crippen molar-refractivity contribution in [3.05, 3.63) is 35.9 Å². The molecule has 0 bridgehead atoms. The Balaban J connectivity index is 1.68. The number of H-pyrrole nitrogens is 1. The molecule has 0 saturated heterocycles. The number of nitrogens with one attached hydrogen (secondary N) is 2. The molecule has 2 aromatic rings. The Labute approximate surface area is 115 Å². The molecule has 0 spiro atoms. The minimum Gasteiger partial charge on any atom is -0.319 e. The molecule has 0 unspecified atom stereocenters. The second kappa shape index (κ2) is 5.05. The van der Waals surface area contributed by atoms with Crippen LogP contribution in [-0.4, -0.2) is 27.3 Å². The maximum atomic E-state index is 12.0. The van der Waals surface area contributed by atoms with Gasteiger partial charge in [-0.25, -0.2) is 4.98 Å². The zero-order chi connectivity index (χ0) is 13.2. The number of rotatable bonds is 4. The maximum Gasteiger partial charge on any atom is 0.295 e. The van der Waals surface area contributed by atoms with Crippen molar-refractivity contribution in [1.29, 1.82) is 0 Å². The van der Waals surface area contributed by atoms with Crippen LogP contribution in [0.15, 0.2) is 29.2 Å². The van der Waals surface area contributed by atoms with Gasteiger partial charge in [-0.2, -0.15) is 0 Å². The maximum absolute atomic E-state index is 12.0. The lowest BCUT2D eigenvalue weighted by atomic mass is 10.3. The quantitative estimate of drug-likeness (QED) is 0.841. The van der Waals surface area contributed by atoms with Gasteiger partial charge in [0.25, 0.3) is 5.91 Å². The summed E-state index contributed by atoms with van der Waals surface area (Å²) in [6.07, 6.45) is 4.28. The van der Waals surface area contributed by atoms with Gasteiger partial charge in [0.05, 0.1) is 0 Å². The van der Waals surface area contributed by atoms with Gasteiger partial charge < -0.3 is 5.32 Å². The average Bonchev–Trinajstić information content (AvgIpc) is 3.17. The first-order chi connectivity index (χ1) is 9.26. The second-order valence-corrected chi connectivity index (χ2v) is 5.38. The predicted octanol–water partition coefficient (Wildman–Crippen LogP) is 2.66. The number of hydrogen-bond acceptors (Lipinski definition) is 4. The van der Waals surface area contributed by atoms with Crippen molar-refractivity contribution in [2.75, 3.05) is 11.6 Å². The van der Waals surface area contributed by atoms with Gasteiger partial charge in [0.15, 0.2) is 0 Å². The predicted molar refractivity (Wildman–Crippen MR) is 74.5 cm³/mol. The van der Waals surface area contributed by atoms with E-state index in [9.17, 15) is 4.79 Å². The Bertz CT molecular complexity index is 589. The molecule has 98 valence electrons. The third-order valence-electron chi connectivity index (χ3n) is 3.02. The number of benzene rings is 1. The summed E-state index contributed by atoms with van der Waals surface area (Å²) in [5, 5.41) is 9.57. The molecule has 2 N–H and O–H groups in total. The highest BCUT2D eigenvalue weighted by molar-refractivity contribution is 7.98. The molecule has 19 heavy (non-hydrogen) atoms. The van der Waals surface area contributed by atoms with Crippen molar-refractivity contribution in [2.24, 2.45) is 0 Å². The number of anilines is 1. The van der Waals surface area contributed by atoms with E-state index in [1.54, 1.807) is 11.8 Å². The fraction of sp³-hybridized carbons (Fsp3) is 0.308. The Morgan fingerprint density at radius 2 is 2.11 bits per heavy atom. The number of aromatic amines is 1. The third kappa shape index (κ3) is 2.78. The van der Waals surface area contributed by atoms with Crippen molar-refractivity contribution < 1.29 is 4.79 Å². The highest BCUT2D eigenvalue weighted by Gasteiger charge is 2.28. The lowest BCUT2D eigenvalue weighted by Crippen LogP contribution is -2.13. The van der Waals surface area contributed by atoms with E-state index in [2.05, 4.69) is 20.5 Å². The third-order valence-corrected chi connectivity index (χ3v) is 3.76. The van der Waals surface area contributed by atoms with Crippen LogP contribution in [0.3, 0.4) is 0 Å². The van der Waals surface area contributed by atoms with E-state index in [0.29, 0.717) is 5.92 Å². The normalized spacial score (nSPS) is 14.4. The first-order valence-electron chi connectivity index (χ1n) is 6.14. The summed E-state index contributed by atoms with van der Waals surface area (Å²) in [7, 11) is 0. The molecule has 1 fully saturated rings. The van der Waals surface area contributed by atoms with Crippen LogP contribution < -0.4 is 5.32 Å². The Kier molecular flexibility index (Phi) is 3.25. The van der Waals surface area contributed by atoms with Gasteiger partial charge in [-0.3, -0.25) is 9.89 Å². The van der Waals surface area contributed by atoms with E-state index in [1.165, 1.54) is 0 Å². The van der Waals surface area contributed by atoms with E-state index in [4.69, 9.17) is 0 Å². The standard InChI is InChI=1S/C13H14N4OS/c1-19-10-6-4-9(5-7-10)14-13(18)12-15-11(16-17-12)8-2-3-8/h4-8H,2-3H2,1H3,(H,14,18)(H,15,16,17).